The summed E-state index contributed by atoms with van der Waals surface area (Å²) in [7, 11) is 4.45. The number of aryl methyl sites for hydroxylation is 1. The Morgan fingerprint density at radius 2 is 1.90 bits per heavy atom. The van der Waals surface area contributed by atoms with Gasteiger partial charge in [-0.3, -0.25) is 4.90 Å². The molecule has 1 aromatic heterocycles. The number of aromatic nitrogens is 1. The minimum atomic E-state index is 0.739. The van der Waals surface area contributed by atoms with Crippen molar-refractivity contribution in [2.45, 2.75) is 50.4 Å². The molecule has 2 fully saturated rings. The van der Waals surface area contributed by atoms with Gasteiger partial charge in [-0.2, -0.15) is 0 Å². The molecule has 2 unspecified atom stereocenters. The van der Waals surface area contributed by atoms with Gasteiger partial charge in [-0.15, -0.1) is 0 Å². The fraction of sp³-hybridized carbons (Fsp3) is 0.556. The van der Waals surface area contributed by atoms with E-state index in [-0.39, 0.29) is 0 Å². The minimum absolute atomic E-state index is 0.739. The Bertz CT molecular complexity index is 633. The van der Waals surface area contributed by atoms with Crippen LogP contribution in [-0.2, 0) is 13.6 Å². The van der Waals surface area contributed by atoms with E-state index < -0.39 is 0 Å². The van der Waals surface area contributed by atoms with E-state index in [1.807, 2.05) is 0 Å². The van der Waals surface area contributed by atoms with Crippen LogP contribution in [0.1, 0.15) is 31.2 Å². The highest BCUT2D eigenvalue weighted by Gasteiger charge is 2.35. The molecular weight excluding hydrogens is 258 g/mol. The molecule has 0 aliphatic carbocycles. The number of benzene rings is 1. The first-order valence-electron chi connectivity index (χ1n) is 8.20. The summed E-state index contributed by atoms with van der Waals surface area (Å²) in [6, 6.07) is 11.0. The van der Waals surface area contributed by atoms with E-state index in [2.05, 4.69) is 59.3 Å². The van der Waals surface area contributed by atoms with Crippen molar-refractivity contribution in [2.75, 3.05) is 7.05 Å². The van der Waals surface area contributed by atoms with Crippen LogP contribution in [-0.4, -0.2) is 34.6 Å². The van der Waals surface area contributed by atoms with Crippen LogP contribution < -0.4 is 5.32 Å². The van der Waals surface area contributed by atoms with Gasteiger partial charge in [0.2, 0.25) is 0 Å². The third-order valence-corrected chi connectivity index (χ3v) is 5.47. The number of nitrogens with zero attached hydrogens (tertiary/aromatic N) is 2. The second kappa shape index (κ2) is 5.15. The zero-order valence-electron chi connectivity index (χ0n) is 13.0. The summed E-state index contributed by atoms with van der Waals surface area (Å²) in [6.45, 7) is 1.06. The van der Waals surface area contributed by atoms with Gasteiger partial charge in [0.15, 0.2) is 0 Å². The smallest absolute Gasteiger partial charge is 0.0481 e. The van der Waals surface area contributed by atoms with E-state index in [1.165, 1.54) is 42.1 Å². The molecule has 2 bridgehead atoms. The van der Waals surface area contributed by atoms with E-state index in [0.29, 0.717) is 0 Å². The Morgan fingerprint density at radius 3 is 2.67 bits per heavy atom. The van der Waals surface area contributed by atoms with Crippen LogP contribution >= 0.6 is 0 Å². The Balaban J connectivity index is 1.54. The molecule has 2 atom stereocenters. The highest BCUT2D eigenvalue weighted by molar-refractivity contribution is 5.83. The maximum atomic E-state index is 3.74. The summed E-state index contributed by atoms with van der Waals surface area (Å²) < 4.78 is 2.25. The molecule has 2 saturated heterocycles. The molecule has 0 amide bonds. The van der Waals surface area contributed by atoms with Crippen LogP contribution in [0.15, 0.2) is 30.5 Å². The fourth-order valence-electron chi connectivity index (χ4n) is 4.34. The summed E-state index contributed by atoms with van der Waals surface area (Å²) in [4.78, 5) is 2.58. The summed E-state index contributed by atoms with van der Waals surface area (Å²) in [5.74, 6) is 0. The van der Waals surface area contributed by atoms with Gasteiger partial charge in [-0.1, -0.05) is 18.2 Å². The monoisotopic (exact) mass is 283 g/mol. The van der Waals surface area contributed by atoms with Gasteiger partial charge in [0.05, 0.1) is 0 Å². The number of piperidine rings is 1. The number of fused-ring (bicyclic) bond motifs is 3. The molecular formula is C18H25N3. The van der Waals surface area contributed by atoms with Crippen molar-refractivity contribution in [3.8, 4) is 0 Å². The minimum Gasteiger partial charge on any atom is -0.350 e. The third-order valence-electron chi connectivity index (χ3n) is 5.47. The number of para-hydroxylation sites is 1. The van der Waals surface area contributed by atoms with Gasteiger partial charge < -0.3 is 9.88 Å². The number of nitrogens with one attached hydrogen (secondary N) is 1. The molecule has 3 heterocycles. The van der Waals surface area contributed by atoms with E-state index in [1.54, 1.807) is 0 Å². The molecule has 0 radical (unpaired) electrons. The first-order valence-corrected chi connectivity index (χ1v) is 8.20. The molecule has 2 aliphatic rings. The van der Waals surface area contributed by atoms with Crippen molar-refractivity contribution in [1.29, 1.82) is 0 Å². The topological polar surface area (TPSA) is 20.2 Å². The SMILES string of the molecule is CN(Cc1cn(C)c2ccccc12)C1CC2CCC(C1)N2. The molecule has 3 nitrogen and oxygen atoms in total. The van der Waals surface area contributed by atoms with Crippen LogP contribution in [0.3, 0.4) is 0 Å². The predicted molar refractivity (Wildman–Crippen MR) is 87.4 cm³/mol. The van der Waals surface area contributed by atoms with Gasteiger partial charge in [-0.05, 0) is 44.4 Å². The van der Waals surface area contributed by atoms with Crippen LogP contribution in [0.4, 0.5) is 0 Å². The van der Waals surface area contributed by atoms with Gasteiger partial charge in [0.25, 0.3) is 0 Å². The van der Waals surface area contributed by atoms with E-state index in [4.69, 9.17) is 0 Å². The lowest BCUT2D eigenvalue weighted by Gasteiger charge is -2.35. The lowest BCUT2D eigenvalue weighted by atomic mass is 9.98. The summed E-state index contributed by atoms with van der Waals surface area (Å²) >= 11 is 0. The highest BCUT2D eigenvalue weighted by Crippen LogP contribution is 2.30. The zero-order valence-corrected chi connectivity index (χ0v) is 13.0. The van der Waals surface area contributed by atoms with Crippen molar-refractivity contribution in [1.82, 2.24) is 14.8 Å². The largest absolute Gasteiger partial charge is 0.350 e. The number of hydrogen-bond acceptors (Lipinski definition) is 2. The first-order chi connectivity index (χ1) is 10.2. The second-order valence-corrected chi connectivity index (χ2v) is 6.96. The van der Waals surface area contributed by atoms with Crippen LogP contribution in [0.5, 0.6) is 0 Å². The molecule has 2 aliphatic heterocycles. The van der Waals surface area contributed by atoms with E-state index in [9.17, 15) is 0 Å². The van der Waals surface area contributed by atoms with Crippen LogP contribution in [0, 0.1) is 0 Å². The predicted octanol–water partition coefficient (Wildman–Crippen LogP) is 2.89. The summed E-state index contributed by atoms with van der Waals surface area (Å²) in [5, 5.41) is 5.15. The normalized spacial score (nSPS) is 28.6. The van der Waals surface area contributed by atoms with Crippen LogP contribution in [0.2, 0.25) is 0 Å². The number of rotatable bonds is 3. The third kappa shape index (κ3) is 2.39. The molecule has 1 N–H and O–H groups in total. The van der Waals surface area contributed by atoms with Gasteiger partial charge in [0.1, 0.15) is 0 Å². The quantitative estimate of drug-likeness (QED) is 0.934. The average Bonchev–Trinajstić information content (AvgIpc) is 2.99. The standard InChI is InChI=1S/C18H25N3/c1-20(16-9-14-7-8-15(10-16)19-14)11-13-12-21(2)18-6-4-3-5-17(13)18/h3-6,12,14-16,19H,7-11H2,1-2H3. The Morgan fingerprint density at radius 1 is 1.19 bits per heavy atom. The van der Waals surface area contributed by atoms with E-state index in [0.717, 1.165) is 24.7 Å². The Kier molecular flexibility index (Phi) is 3.27. The zero-order chi connectivity index (χ0) is 14.4. The fourth-order valence-corrected chi connectivity index (χ4v) is 4.34. The van der Waals surface area contributed by atoms with E-state index >= 15 is 0 Å². The second-order valence-electron chi connectivity index (χ2n) is 6.96. The molecule has 0 saturated carbocycles. The maximum Gasteiger partial charge on any atom is 0.0481 e. The van der Waals surface area contributed by atoms with Gasteiger partial charge in [0, 0.05) is 48.8 Å². The summed E-state index contributed by atoms with van der Waals surface area (Å²) in [5.41, 5.74) is 2.80. The molecule has 21 heavy (non-hydrogen) atoms. The average molecular weight is 283 g/mol. The van der Waals surface area contributed by atoms with Crippen molar-refractivity contribution in [3.05, 3.63) is 36.0 Å². The van der Waals surface area contributed by atoms with Gasteiger partial charge >= 0.3 is 0 Å². The van der Waals surface area contributed by atoms with Crippen molar-refractivity contribution in [3.63, 3.8) is 0 Å². The van der Waals surface area contributed by atoms with Crippen molar-refractivity contribution >= 4 is 10.9 Å². The summed E-state index contributed by atoms with van der Waals surface area (Å²) in [6.07, 6.45) is 7.69. The molecule has 2 aromatic rings. The highest BCUT2D eigenvalue weighted by atomic mass is 15.2. The van der Waals surface area contributed by atoms with Crippen molar-refractivity contribution in [2.24, 2.45) is 7.05 Å². The van der Waals surface area contributed by atoms with Crippen molar-refractivity contribution < 1.29 is 0 Å². The lowest BCUT2D eigenvalue weighted by molar-refractivity contribution is 0.166. The molecule has 0 spiro atoms. The molecule has 3 heteroatoms. The first kappa shape index (κ1) is 13.4. The molecule has 1 aromatic carbocycles. The Labute approximate surface area is 126 Å². The Hall–Kier alpha value is -1.32. The maximum absolute atomic E-state index is 3.74. The molecule has 4 rings (SSSR count). The molecule has 112 valence electrons. The number of hydrogen-bond donors (Lipinski definition) is 1. The lowest BCUT2D eigenvalue weighted by Crippen LogP contribution is -2.46. The van der Waals surface area contributed by atoms with Gasteiger partial charge in [-0.25, -0.2) is 0 Å². The van der Waals surface area contributed by atoms with Crippen LogP contribution in [0.25, 0.3) is 10.9 Å².